The highest BCUT2D eigenvalue weighted by atomic mass is 32.2. The van der Waals surface area contributed by atoms with Crippen LogP contribution < -0.4 is 10.7 Å². The van der Waals surface area contributed by atoms with Gasteiger partial charge in [0.15, 0.2) is 0 Å². The predicted molar refractivity (Wildman–Crippen MR) is 89.3 cm³/mol. The van der Waals surface area contributed by atoms with Crippen molar-refractivity contribution in [3.05, 3.63) is 54.4 Å². The summed E-state index contributed by atoms with van der Waals surface area (Å²) in [5, 5.41) is 6.19. The van der Waals surface area contributed by atoms with Crippen molar-refractivity contribution in [2.75, 3.05) is 5.32 Å². The van der Waals surface area contributed by atoms with Gasteiger partial charge in [0.1, 0.15) is 0 Å². The second kappa shape index (κ2) is 7.06. The number of carbonyl (C=O) groups is 2. The minimum Gasteiger partial charge on any atom is -0.324 e. The van der Waals surface area contributed by atoms with Gasteiger partial charge in [-0.1, -0.05) is 18.2 Å². The number of fused-ring (bicyclic) bond motifs is 1. The van der Waals surface area contributed by atoms with Crippen molar-refractivity contribution in [2.45, 2.75) is 16.6 Å². The molecule has 0 saturated carbocycles. The number of hydrogen-bond acceptors (Lipinski definition) is 5. The first-order valence-electron chi connectivity index (χ1n) is 7.02. The van der Waals surface area contributed by atoms with E-state index in [0.29, 0.717) is 5.69 Å². The number of pyridine rings is 1. The zero-order valence-corrected chi connectivity index (χ0v) is 12.9. The van der Waals surface area contributed by atoms with E-state index in [1.165, 1.54) is 18.0 Å². The number of nitrogens with one attached hydrogen (secondary N) is 2. The maximum Gasteiger partial charge on any atom is 0.241 e. The predicted octanol–water partition coefficient (Wildman–Crippen LogP) is 2.03. The van der Waals surface area contributed by atoms with Crippen LogP contribution in [0, 0.1) is 0 Å². The number of hydrogen-bond donors (Lipinski definition) is 2. The van der Waals surface area contributed by atoms with Crippen LogP contribution in [-0.4, -0.2) is 28.3 Å². The van der Waals surface area contributed by atoms with Crippen LogP contribution in [0.4, 0.5) is 5.69 Å². The smallest absolute Gasteiger partial charge is 0.241 e. The second-order valence-electron chi connectivity index (χ2n) is 4.84. The van der Waals surface area contributed by atoms with E-state index in [1.54, 1.807) is 18.3 Å². The van der Waals surface area contributed by atoms with E-state index in [2.05, 4.69) is 20.8 Å². The lowest BCUT2D eigenvalue weighted by molar-refractivity contribution is -0.124. The Morgan fingerprint density at radius 1 is 1.30 bits per heavy atom. The minimum absolute atomic E-state index is 0.0599. The van der Waals surface area contributed by atoms with Gasteiger partial charge in [0.2, 0.25) is 11.8 Å². The summed E-state index contributed by atoms with van der Waals surface area (Å²) in [5.41, 5.74) is 3.85. The van der Waals surface area contributed by atoms with Gasteiger partial charge in [0, 0.05) is 17.5 Å². The van der Waals surface area contributed by atoms with Crippen LogP contribution >= 0.6 is 11.8 Å². The highest BCUT2D eigenvalue weighted by Gasteiger charge is 2.28. The molecule has 1 aromatic carbocycles. The van der Waals surface area contributed by atoms with Crippen molar-refractivity contribution in [1.29, 1.82) is 0 Å². The molecule has 0 radical (unpaired) electrons. The summed E-state index contributed by atoms with van der Waals surface area (Å²) >= 11 is 1.39. The Bertz CT molecular complexity index is 749. The fourth-order valence-corrected chi connectivity index (χ4v) is 3.17. The Balaban J connectivity index is 1.56. The third-order valence-corrected chi connectivity index (χ3v) is 4.43. The lowest BCUT2D eigenvalue weighted by Gasteiger charge is -2.23. The topological polar surface area (TPSA) is 83.5 Å². The van der Waals surface area contributed by atoms with E-state index in [9.17, 15) is 9.59 Å². The zero-order valence-electron chi connectivity index (χ0n) is 12.1. The van der Waals surface area contributed by atoms with Gasteiger partial charge in [-0.3, -0.25) is 14.6 Å². The summed E-state index contributed by atoms with van der Waals surface area (Å²) in [7, 11) is 0. The van der Waals surface area contributed by atoms with Gasteiger partial charge in [0.25, 0.3) is 0 Å². The molecule has 1 aromatic heterocycles. The molecular weight excluding hydrogens is 312 g/mol. The van der Waals surface area contributed by atoms with Crippen molar-refractivity contribution < 1.29 is 9.59 Å². The number of hydrazone groups is 1. The summed E-state index contributed by atoms with van der Waals surface area (Å²) < 4.78 is 0. The van der Waals surface area contributed by atoms with Crippen LogP contribution in [0.25, 0.3) is 0 Å². The van der Waals surface area contributed by atoms with E-state index in [-0.39, 0.29) is 18.2 Å². The average molecular weight is 326 g/mol. The van der Waals surface area contributed by atoms with Crippen molar-refractivity contribution >= 4 is 35.5 Å². The van der Waals surface area contributed by atoms with Crippen LogP contribution in [0.5, 0.6) is 0 Å². The van der Waals surface area contributed by atoms with Gasteiger partial charge < -0.3 is 5.32 Å². The molecule has 0 spiro atoms. The number of carbonyl (C=O) groups excluding carboxylic acids is 2. The minimum atomic E-state index is -0.463. The monoisotopic (exact) mass is 326 g/mol. The van der Waals surface area contributed by atoms with Gasteiger partial charge in [-0.25, -0.2) is 5.43 Å². The molecule has 116 valence electrons. The Morgan fingerprint density at radius 3 is 2.96 bits per heavy atom. The summed E-state index contributed by atoms with van der Waals surface area (Å²) in [4.78, 5) is 29.0. The van der Waals surface area contributed by atoms with E-state index in [0.717, 1.165) is 10.6 Å². The number of anilines is 1. The Kier molecular flexibility index (Phi) is 4.68. The number of rotatable bonds is 4. The van der Waals surface area contributed by atoms with Crippen molar-refractivity contribution in [2.24, 2.45) is 5.10 Å². The maximum atomic E-state index is 12.0. The standard InChI is InChI=1S/C16H14N4O2S/c21-15(20-18-10-11-5-3-4-8-17-11)9-14-16(22)19-12-6-1-2-7-13(12)23-14/h1-8,10,14H,9H2,(H,19,22)(H,20,21)/b18-10-/t14-/m1/s1. The highest BCUT2D eigenvalue weighted by Crippen LogP contribution is 2.36. The molecule has 7 heteroatoms. The molecule has 23 heavy (non-hydrogen) atoms. The fraction of sp³-hybridized carbons (Fsp3) is 0.125. The number of nitrogens with zero attached hydrogens (tertiary/aromatic N) is 2. The van der Waals surface area contributed by atoms with Gasteiger partial charge >= 0.3 is 0 Å². The van der Waals surface area contributed by atoms with Gasteiger partial charge in [-0.15, -0.1) is 11.8 Å². The number of aromatic nitrogens is 1. The number of amides is 2. The molecule has 6 nitrogen and oxygen atoms in total. The molecule has 0 aliphatic carbocycles. The fourth-order valence-electron chi connectivity index (χ4n) is 2.06. The van der Waals surface area contributed by atoms with E-state index < -0.39 is 5.25 Å². The first kappa shape index (κ1) is 15.2. The largest absolute Gasteiger partial charge is 0.324 e. The van der Waals surface area contributed by atoms with Gasteiger partial charge in [0.05, 0.1) is 22.8 Å². The van der Waals surface area contributed by atoms with E-state index >= 15 is 0 Å². The third-order valence-electron chi connectivity index (χ3n) is 3.15. The molecule has 0 unspecified atom stereocenters. The molecule has 3 rings (SSSR count). The number of thioether (sulfide) groups is 1. The van der Waals surface area contributed by atoms with Crippen LogP contribution in [0.2, 0.25) is 0 Å². The Morgan fingerprint density at radius 2 is 2.13 bits per heavy atom. The number of para-hydroxylation sites is 1. The molecule has 1 atom stereocenters. The summed E-state index contributed by atoms with van der Waals surface area (Å²) in [5.74, 6) is -0.484. The molecule has 0 saturated heterocycles. The maximum absolute atomic E-state index is 12.0. The molecule has 2 aromatic rings. The number of benzene rings is 1. The van der Waals surface area contributed by atoms with Gasteiger partial charge in [-0.2, -0.15) is 5.10 Å². The van der Waals surface area contributed by atoms with Crippen LogP contribution in [-0.2, 0) is 9.59 Å². The summed E-state index contributed by atoms with van der Waals surface area (Å²) in [6.45, 7) is 0. The molecule has 2 heterocycles. The first-order chi connectivity index (χ1) is 11.2. The van der Waals surface area contributed by atoms with E-state index in [1.807, 2.05) is 30.3 Å². The molecule has 2 N–H and O–H groups in total. The highest BCUT2D eigenvalue weighted by molar-refractivity contribution is 8.01. The first-order valence-corrected chi connectivity index (χ1v) is 7.90. The second-order valence-corrected chi connectivity index (χ2v) is 6.09. The summed E-state index contributed by atoms with van der Waals surface area (Å²) in [6.07, 6.45) is 3.16. The van der Waals surface area contributed by atoms with E-state index in [4.69, 9.17) is 0 Å². The lowest BCUT2D eigenvalue weighted by Crippen LogP contribution is -2.33. The average Bonchev–Trinajstić information content (AvgIpc) is 2.56. The molecule has 1 aliphatic heterocycles. The normalized spacial score (nSPS) is 16.7. The van der Waals surface area contributed by atoms with Crippen molar-refractivity contribution in [3.8, 4) is 0 Å². The molecular formula is C16H14N4O2S. The summed E-state index contributed by atoms with van der Waals surface area (Å²) in [6, 6.07) is 12.9. The van der Waals surface area contributed by atoms with Crippen LogP contribution in [0.15, 0.2) is 58.7 Å². The van der Waals surface area contributed by atoms with Crippen LogP contribution in [0.3, 0.4) is 0 Å². The molecule has 0 fully saturated rings. The van der Waals surface area contributed by atoms with Crippen molar-refractivity contribution in [1.82, 2.24) is 10.4 Å². The van der Waals surface area contributed by atoms with Crippen LogP contribution in [0.1, 0.15) is 12.1 Å². The lowest BCUT2D eigenvalue weighted by atomic mass is 10.2. The Labute approximate surface area is 137 Å². The SMILES string of the molecule is O=C(C[C@H]1Sc2ccccc2NC1=O)N/N=C\c1ccccn1. The Hall–Kier alpha value is -2.67. The molecule has 0 bridgehead atoms. The van der Waals surface area contributed by atoms with Gasteiger partial charge in [-0.05, 0) is 24.3 Å². The third kappa shape index (κ3) is 3.95. The quantitative estimate of drug-likeness (QED) is 0.665. The van der Waals surface area contributed by atoms with Crippen molar-refractivity contribution in [3.63, 3.8) is 0 Å². The molecule has 2 amide bonds. The zero-order chi connectivity index (χ0) is 16.1. The molecule has 1 aliphatic rings.